The number of hydrogen-bond donors (Lipinski definition) is 1. The monoisotopic (exact) mass is 238 g/mol. The second-order valence-corrected chi connectivity index (χ2v) is 3.24. The highest BCUT2D eigenvalue weighted by Crippen LogP contribution is 2.21. The zero-order valence-electron chi connectivity index (χ0n) is 8.55. The fraction of sp³-hybridized carbons (Fsp3) is 0.100. The molecule has 0 fully saturated rings. The van der Waals surface area contributed by atoms with E-state index in [0.29, 0.717) is 10.2 Å². The maximum Gasteiger partial charge on any atom is 0.333 e. The van der Waals surface area contributed by atoms with Crippen LogP contribution in [0.5, 0.6) is 0 Å². The Labute approximate surface area is 94.9 Å². The summed E-state index contributed by atoms with van der Waals surface area (Å²) in [6.07, 6.45) is 3.00. The summed E-state index contributed by atoms with van der Waals surface area (Å²) in [6, 6.07) is 4.43. The molecule has 2 heterocycles. The van der Waals surface area contributed by atoms with E-state index in [4.69, 9.17) is 5.73 Å². The molecule has 0 radical (unpaired) electrons. The van der Waals surface area contributed by atoms with Crippen LogP contribution in [0.4, 0.5) is 8.78 Å². The fourth-order valence-corrected chi connectivity index (χ4v) is 1.39. The Bertz CT molecular complexity index is 538. The molecule has 0 saturated carbocycles. The average Bonchev–Trinajstić information content (AvgIpc) is 2.75. The van der Waals surface area contributed by atoms with Gasteiger partial charge in [0.25, 0.3) is 5.91 Å². The number of nitrogens with two attached hydrogens (primary N) is 1. The van der Waals surface area contributed by atoms with E-state index in [1.54, 1.807) is 12.1 Å². The normalized spacial score (nSPS) is 10.8. The Morgan fingerprint density at radius 1 is 1.35 bits per heavy atom. The Hall–Kier alpha value is -2.31. The van der Waals surface area contributed by atoms with Crippen molar-refractivity contribution >= 4 is 5.91 Å². The van der Waals surface area contributed by atoms with Gasteiger partial charge in [-0.1, -0.05) is 0 Å². The van der Waals surface area contributed by atoms with Gasteiger partial charge in [0.1, 0.15) is 5.69 Å². The molecule has 2 aromatic heterocycles. The first-order valence-corrected chi connectivity index (χ1v) is 4.67. The highest BCUT2D eigenvalue weighted by Gasteiger charge is 2.19. The molecular weight excluding hydrogens is 230 g/mol. The molecule has 88 valence electrons. The summed E-state index contributed by atoms with van der Waals surface area (Å²) in [4.78, 5) is 14.8. The van der Waals surface area contributed by atoms with E-state index in [9.17, 15) is 13.6 Å². The van der Waals surface area contributed by atoms with Gasteiger partial charge < -0.3 is 5.73 Å². The number of aromatic nitrogens is 3. The van der Waals surface area contributed by atoms with Gasteiger partial charge in [-0.25, -0.2) is 0 Å². The third-order valence-corrected chi connectivity index (χ3v) is 2.15. The second-order valence-electron chi connectivity index (χ2n) is 3.24. The molecule has 0 aliphatic carbocycles. The van der Waals surface area contributed by atoms with E-state index in [1.807, 2.05) is 0 Å². The molecule has 5 nitrogen and oxygen atoms in total. The van der Waals surface area contributed by atoms with Crippen LogP contribution < -0.4 is 5.73 Å². The number of hydrogen-bond acceptors (Lipinski definition) is 3. The van der Waals surface area contributed by atoms with Crippen molar-refractivity contribution in [3.8, 4) is 11.3 Å². The van der Waals surface area contributed by atoms with E-state index < -0.39 is 12.5 Å². The highest BCUT2D eigenvalue weighted by molar-refractivity contribution is 5.92. The second kappa shape index (κ2) is 4.28. The summed E-state index contributed by atoms with van der Waals surface area (Å²) >= 11 is 0. The summed E-state index contributed by atoms with van der Waals surface area (Å²) in [7, 11) is 0. The van der Waals surface area contributed by atoms with Crippen molar-refractivity contribution in [2.45, 2.75) is 6.55 Å². The fourth-order valence-electron chi connectivity index (χ4n) is 1.39. The van der Waals surface area contributed by atoms with Gasteiger partial charge in [-0.3, -0.25) is 9.78 Å². The van der Waals surface area contributed by atoms with Crippen molar-refractivity contribution in [2.75, 3.05) is 0 Å². The predicted octanol–water partition coefficient (Wildman–Crippen LogP) is 1.44. The van der Waals surface area contributed by atoms with Gasteiger partial charge in [0.05, 0.1) is 5.69 Å². The molecule has 0 saturated heterocycles. The number of alkyl halides is 2. The minimum atomic E-state index is -2.91. The van der Waals surface area contributed by atoms with E-state index >= 15 is 0 Å². The molecule has 0 bridgehead atoms. The maximum atomic E-state index is 12.6. The van der Waals surface area contributed by atoms with Crippen molar-refractivity contribution in [1.29, 1.82) is 0 Å². The first-order valence-electron chi connectivity index (χ1n) is 4.67. The zero-order chi connectivity index (χ0) is 12.4. The van der Waals surface area contributed by atoms with E-state index in [0.717, 1.165) is 0 Å². The number of rotatable bonds is 3. The largest absolute Gasteiger partial charge is 0.364 e. The van der Waals surface area contributed by atoms with Gasteiger partial charge in [0.2, 0.25) is 0 Å². The summed E-state index contributed by atoms with van der Waals surface area (Å²) in [5, 5.41) is 3.64. The smallest absolute Gasteiger partial charge is 0.333 e. The Morgan fingerprint density at radius 2 is 2.00 bits per heavy atom. The summed E-state index contributed by atoms with van der Waals surface area (Å²) in [5.74, 6) is -0.946. The average molecular weight is 238 g/mol. The molecular formula is C10H8F2N4O. The minimum absolute atomic E-state index is 0.251. The third-order valence-electron chi connectivity index (χ3n) is 2.15. The standard InChI is InChI=1S/C10H8F2N4O/c11-10(12)16-8(9(13)17)5-7(15-16)6-1-3-14-4-2-6/h1-5,10H,(H2,13,17). The Balaban J connectivity index is 2.51. The maximum absolute atomic E-state index is 12.6. The number of primary amides is 1. The van der Waals surface area contributed by atoms with Crippen LogP contribution in [-0.2, 0) is 0 Å². The van der Waals surface area contributed by atoms with Gasteiger partial charge in [0, 0.05) is 18.0 Å². The highest BCUT2D eigenvalue weighted by atomic mass is 19.3. The van der Waals surface area contributed by atoms with Gasteiger partial charge in [-0.2, -0.15) is 18.6 Å². The lowest BCUT2D eigenvalue weighted by molar-refractivity contribution is 0.0519. The van der Waals surface area contributed by atoms with Gasteiger partial charge in [0.15, 0.2) is 0 Å². The van der Waals surface area contributed by atoms with E-state index in [1.165, 1.54) is 18.5 Å². The molecule has 0 atom stereocenters. The molecule has 17 heavy (non-hydrogen) atoms. The number of carbonyl (C=O) groups excluding carboxylic acids is 1. The van der Waals surface area contributed by atoms with E-state index in [-0.39, 0.29) is 11.4 Å². The summed E-state index contributed by atoms with van der Waals surface area (Å²) in [6.45, 7) is -2.91. The predicted molar refractivity (Wildman–Crippen MR) is 55.2 cm³/mol. The topological polar surface area (TPSA) is 73.8 Å². The number of amides is 1. The SMILES string of the molecule is NC(=O)c1cc(-c2ccncc2)nn1C(F)F. The number of carbonyl (C=O) groups is 1. The van der Waals surface area contributed by atoms with Gasteiger partial charge in [-0.05, 0) is 18.2 Å². The lowest BCUT2D eigenvalue weighted by atomic mass is 10.2. The van der Waals surface area contributed by atoms with Gasteiger partial charge >= 0.3 is 6.55 Å². The first kappa shape index (κ1) is 11.2. The molecule has 7 heteroatoms. The molecule has 0 aliphatic rings. The number of pyridine rings is 1. The van der Waals surface area contributed by atoms with E-state index in [2.05, 4.69) is 10.1 Å². The molecule has 0 aromatic carbocycles. The van der Waals surface area contributed by atoms with Crippen LogP contribution in [0.25, 0.3) is 11.3 Å². The van der Waals surface area contributed by atoms with Crippen LogP contribution in [0.3, 0.4) is 0 Å². The van der Waals surface area contributed by atoms with Crippen molar-refractivity contribution in [1.82, 2.24) is 14.8 Å². The van der Waals surface area contributed by atoms with Gasteiger partial charge in [-0.15, -0.1) is 0 Å². The van der Waals surface area contributed by atoms with Crippen LogP contribution in [0, 0.1) is 0 Å². The molecule has 2 rings (SSSR count). The van der Waals surface area contributed by atoms with Crippen molar-refractivity contribution in [2.24, 2.45) is 5.73 Å². The Kier molecular flexibility index (Phi) is 2.82. The molecule has 2 N–H and O–H groups in total. The number of nitrogens with zero attached hydrogens (tertiary/aromatic N) is 3. The summed E-state index contributed by atoms with van der Waals surface area (Å²) in [5.41, 5.74) is 5.51. The van der Waals surface area contributed by atoms with Crippen LogP contribution in [0.15, 0.2) is 30.6 Å². The van der Waals surface area contributed by atoms with Crippen molar-refractivity contribution in [3.05, 3.63) is 36.3 Å². The molecule has 0 aliphatic heterocycles. The molecule has 0 spiro atoms. The summed E-state index contributed by atoms with van der Waals surface area (Å²) < 4.78 is 25.5. The van der Waals surface area contributed by atoms with Crippen molar-refractivity contribution in [3.63, 3.8) is 0 Å². The lowest BCUT2D eigenvalue weighted by Gasteiger charge is -2.01. The number of halogens is 2. The lowest BCUT2D eigenvalue weighted by Crippen LogP contribution is -2.18. The molecule has 2 aromatic rings. The van der Waals surface area contributed by atoms with Crippen LogP contribution >= 0.6 is 0 Å². The third kappa shape index (κ3) is 2.12. The first-order chi connectivity index (χ1) is 8.09. The van der Waals surface area contributed by atoms with Crippen LogP contribution in [-0.4, -0.2) is 20.7 Å². The molecule has 0 unspecified atom stereocenters. The minimum Gasteiger partial charge on any atom is -0.364 e. The quantitative estimate of drug-likeness (QED) is 0.879. The molecule has 1 amide bonds. The zero-order valence-corrected chi connectivity index (χ0v) is 8.55. The Morgan fingerprint density at radius 3 is 2.47 bits per heavy atom. The van der Waals surface area contributed by atoms with Crippen LogP contribution in [0.2, 0.25) is 0 Å². The van der Waals surface area contributed by atoms with Crippen molar-refractivity contribution < 1.29 is 13.6 Å². The van der Waals surface area contributed by atoms with Crippen LogP contribution in [0.1, 0.15) is 17.0 Å².